The summed E-state index contributed by atoms with van der Waals surface area (Å²) in [6.45, 7) is 4.01. The molecule has 5 rings (SSSR count). The summed E-state index contributed by atoms with van der Waals surface area (Å²) < 4.78 is 1.67. The number of nitrogens with zero attached hydrogens (tertiary/aromatic N) is 6. The Bertz CT molecular complexity index is 1270. The molecule has 1 fully saturated rings. The Kier molecular flexibility index (Phi) is 5.14. The van der Waals surface area contributed by atoms with Gasteiger partial charge in [0.05, 0.1) is 18.3 Å². The highest BCUT2D eigenvalue weighted by atomic mass is 16.2. The SMILES string of the molecule is CC(=O)N1CCN(C(=O)c2c(-c3ccc4[nH]ncc4c3)nnn2Cc2ccccc2)CC1. The summed E-state index contributed by atoms with van der Waals surface area (Å²) in [5.74, 6) is -0.0987. The van der Waals surface area contributed by atoms with Gasteiger partial charge < -0.3 is 9.80 Å². The van der Waals surface area contributed by atoms with Crippen LogP contribution in [0.25, 0.3) is 22.2 Å². The summed E-state index contributed by atoms with van der Waals surface area (Å²) in [6, 6.07) is 15.7. The largest absolute Gasteiger partial charge is 0.339 e. The van der Waals surface area contributed by atoms with Crippen molar-refractivity contribution < 1.29 is 9.59 Å². The summed E-state index contributed by atoms with van der Waals surface area (Å²) in [4.78, 5) is 28.9. The van der Waals surface area contributed by atoms with Gasteiger partial charge >= 0.3 is 0 Å². The van der Waals surface area contributed by atoms with Crippen LogP contribution < -0.4 is 0 Å². The number of benzene rings is 2. The van der Waals surface area contributed by atoms with E-state index in [4.69, 9.17) is 0 Å². The highest BCUT2D eigenvalue weighted by molar-refractivity contribution is 5.99. The van der Waals surface area contributed by atoms with Crippen molar-refractivity contribution in [1.82, 2.24) is 35.0 Å². The molecule has 0 aliphatic carbocycles. The second-order valence-corrected chi connectivity index (χ2v) is 7.90. The lowest BCUT2D eigenvalue weighted by molar-refractivity contribution is -0.130. The molecule has 0 spiro atoms. The van der Waals surface area contributed by atoms with Gasteiger partial charge in [0.2, 0.25) is 5.91 Å². The van der Waals surface area contributed by atoms with E-state index in [1.165, 1.54) is 0 Å². The number of fused-ring (bicyclic) bond motifs is 1. The molecule has 4 aromatic rings. The standard InChI is InChI=1S/C23H23N7O2/c1-16(31)28-9-11-29(12-10-28)23(32)22-21(18-7-8-20-19(13-18)14-24-25-20)26-27-30(22)15-17-5-3-2-4-6-17/h2-8,13-14H,9-12,15H2,1H3,(H,24,25). The number of amides is 2. The minimum absolute atomic E-state index is 0.0296. The highest BCUT2D eigenvalue weighted by Gasteiger charge is 2.29. The number of hydrogen-bond donors (Lipinski definition) is 1. The van der Waals surface area contributed by atoms with Crippen molar-refractivity contribution in [3.05, 3.63) is 66.0 Å². The number of aromatic nitrogens is 5. The van der Waals surface area contributed by atoms with Crippen LogP contribution in [0.15, 0.2) is 54.7 Å². The first-order valence-corrected chi connectivity index (χ1v) is 10.6. The average Bonchev–Trinajstić information content (AvgIpc) is 3.46. The lowest BCUT2D eigenvalue weighted by Gasteiger charge is -2.34. The van der Waals surface area contributed by atoms with Crippen molar-refractivity contribution in [3.63, 3.8) is 0 Å². The van der Waals surface area contributed by atoms with Crippen molar-refractivity contribution in [2.75, 3.05) is 26.2 Å². The van der Waals surface area contributed by atoms with E-state index in [0.717, 1.165) is 22.0 Å². The first kappa shape index (κ1) is 19.9. The van der Waals surface area contributed by atoms with Crippen LogP contribution in [-0.2, 0) is 11.3 Å². The molecule has 1 N–H and O–H groups in total. The maximum absolute atomic E-state index is 13.7. The minimum atomic E-state index is -0.128. The third-order valence-corrected chi connectivity index (χ3v) is 5.84. The van der Waals surface area contributed by atoms with Crippen molar-refractivity contribution in [1.29, 1.82) is 0 Å². The second kappa shape index (κ2) is 8.26. The smallest absolute Gasteiger partial charge is 0.274 e. The predicted molar refractivity (Wildman–Crippen MR) is 119 cm³/mol. The van der Waals surface area contributed by atoms with E-state index in [-0.39, 0.29) is 11.8 Å². The van der Waals surface area contributed by atoms with Crippen LogP contribution in [-0.4, -0.2) is 73.0 Å². The van der Waals surface area contributed by atoms with Gasteiger partial charge in [0.15, 0.2) is 5.69 Å². The van der Waals surface area contributed by atoms with E-state index in [9.17, 15) is 9.59 Å². The van der Waals surface area contributed by atoms with Gasteiger partial charge in [-0.1, -0.05) is 41.6 Å². The van der Waals surface area contributed by atoms with E-state index in [1.54, 1.807) is 27.6 Å². The number of rotatable bonds is 4. The zero-order valence-electron chi connectivity index (χ0n) is 17.7. The van der Waals surface area contributed by atoms with Gasteiger partial charge in [-0.05, 0) is 17.7 Å². The van der Waals surface area contributed by atoms with Crippen molar-refractivity contribution in [3.8, 4) is 11.3 Å². The number of H-pyrrole nitrogens is 1. The highest BCUT2D eigenvalue weighted by Crippen LogP contribution is 2.26. The van der Waals surface area contributed by atoms with Gasteiger partial charge in [-0.3, -0.25) is 14.7 Å². The molecular weight excluding hydrogens is 406 g/mol. The summed E-state index contributed by atoms with van der Waals surface area (Å²) in [7, 11) is 0. The molecule has 0 atom stereocenters. The Morgan fingerprint density at radius 3 is 2.50 bits per heavy atom. The van der Waals surface area contributed by atoms with Gasteiger partial charge in [0.25, 0.3) is 5.91 Å². The second-order valence-electron chi connectivity index (χ2n) is 7.90. The van der Waals surface area contributed by atoms with Gasteiger partial charge in [0, 0.05) is 44.1 Å². The minimum Gasteiger partial charge on any atom is -0.339 e. The topological polar surface area (TPSA) is 100 Å². The molecule has 2 aromatic heterocycles. The van der Waals surface area contributed by atoms with Gasteiger partial charge in [-0.2, -0.15) is 5.10 Å². The molecule has 1 aliphatic heterocycles. The molecule has 1 aliphatic rings. The third kappa shape index (κ3) is 3.73. The van der Waals surface area contributed by atoms with Gasteiger partial charge in [0.1, 0.15) is 5.69 Å². The Morgan fingerprint density at radius 2 is 1.75 bits per heavy atom. The fourth-order valence-corrected chi connectivity index (χ4v) is 4.05. The maximum Gasteiger partial charge on any atom is 0.274 e. The predicted octanol–water partition coefficient (Wildman–Crippen LogP) is 2.17. The molecule has 1 saturated heterocycles. The van der Waals surface area contributed by atoms with Gasteiger partial charge in [-0.25, -0.2) is 4.68 Å². The fourth-order valence-electron chi connectivity index (χ4n) is 4.05. The Labute approximate surface area is 184 Å². The monoisotopic (exact) mass is 429 g/mol. The maximum atomic E-state index is 13.7. The van der Waals surface area contributed by atoms with E-state index in [0.29, 0.717) is 44.1 Å². The average molecular weight is 429 g/mol. The Hall–Kier alpha value is -4.01. The number of hydrogen-bond acceptors (Lipinski definition) is 5. The lowest BCUT2D eigenvalue weighted by atomic mass is 10.1. The molecule has 9 nitrogen and oxygen atoms in total. The van der Waals surface area contributed by atoms with Crippen LogP contribution in [0.5, 0.6) is 0 Å². The third-order valence-electron chi connectivity index (χ3n) is 5.84. The quantitative estimate of drug-likeness (QED) is 0.536. The van der Waals surface area contributed by atoms with Crippen molar-refractivity contribution in [2.24, 2.45) is 0 Å². The number of piperazine rings is 1. The molecule has 0 bridgehead atoms. The van der Waals surface area contributed by atoms with Crippen molar-refractivity contribution >= 4 is 22.7 Å². The zero-order chi connectivity index (χ0) is 22.1. The van der Waals surface area contributed by atoms with Crippen LogP contribution in [0, 0.1) is 0 Å². The Morgan fingerprint density at radius 1 is 1.00 bits per heavy atom. The number of aromatic amines is 1. The summed E-state index contributed by atoms with van der Waals surface area (Å²) in [5.41, 5.74) is 3.75. The lowest BCUT2D eigenvalue weighted by Crippen LogP contribution is -2.50. The molecule has 0 saturated carbocycles. The van der Waals surface area contributed by atoms with E-state index >= 15 is 0 Å². The van der Waals surface area contributed by atoms with E-state index in [1.807, 2.05) is 48.5 Å². The number of carbonyl (C=O) groups excluding carboxylic acids is 2. The number of carbonyl (C=O) groups is 2. The van der Waals surface area contributed by atoms with Crippen LogP contribution >= 0.6 is 0 Å². The van der Waals surface area contributed by atoms with E-state index in [2.05, 4.69) is 20.5 Å². The summed E-state index contributed by atoms with van der Waals surface area (Å²) >= 11 is 0. The Balaban J connectivity index is 1.52. The van der Waals surface area contributed by atoms with Crippen LogP contribution in [0.2, 0.25) is 0 Å². The van der Waals surface area contributed by atoms with E-state index < -0.39 is 0 Å². The molecule has 3 heterocycles. The zero-order valence-corrected chi connectivity index (χ0v) is 17.7. The molecule has 162 valence electrons. The van der Waals surface area contributed by atoms with Crippen LogP contribution in [0.1, 0.15) is 23.0 Å². The molecule has 2 aromatic carbocycles. The van der Waals surface area contributed by atoms with Crippen LogP contribution in [0.4, 0.5) is 0 Å². The summed E-state index contributed by atoms with van der Waals surface area (Å²) in [5, 5.41) is 16.7. The normalized spacial score (nSPS) is 14.2. The fraction of sp³-hybridized carbons (Fsp3) is 0.261. The molecule has 2 amide bonds. The summed E-state index contributed by atoms with van der Waals surface area (Å²) in [6.07, 6.45) is 1.75. The van der Waals surface area contributed by atoms with Gasteiger partial charge in [-0.15, -0.1) is 5.10 Å². The number of nitrogens with one attached hydrogen (secondary N) is 1. The first-order valence-electron chi connectivity index (χ1n) is 10.6. The molecule has 0 radical (unpaired) electrons. The van der Waals surface area contributed by atoms with Crippen molar-refractivity contribution in [2.45, 2.75) is 13.5 Å². The first-order chi connectivity index (χ1) is 15.6. The molecule has 0 unspecified atom stereocenters. The van der Waals surface area contributed by atoms with Crippen LogP contribution in [0.3, 0.4) is 0 Å². The molecular formula is C23H23N7O2. The molecule has 9 heteroatoms. The molecule has 32 heavy (non-hydrogen) atoms.